The molecule has 112 valence electrons. The van der Waals surface area contributed by atoms with E-state index in [2.05, 4.69) is 4.99 Å². The summed E-state index contributed by atoms with van der Waals surface area (Å²) >= 11 is 0. The molecule has 0 radical (unpaired) electrons. The van der Waals surface area contributed by atoms with Crippen molar-refractivity contribution in [3.63, 3.8) is 0 Å². The van der Waals surface area contributed by atoms with Crippen LogP contribution < -0.4 is 0 Å². The van der Waals surface area contributed by atoms with Crippen molar-refractivity contribution < 1.29 is 9.90 Å². The minimum absolute atomic E-state index is 0.0389. The van der Waals surface area contributed by atoms with Gasteiger partial charge in [-0.2, -0.15) is 0 Å². The van der Waals surface area contributed by atoms with Gasteiger partial charge in [-0.25, -0.2) is 0 Å². The minimum atomic E-state index is -0.820. The van der Waals surface area contributed by atoms with Crippen LogP contribution in [0.2, 0.25) is 0 Å². The van der Waals surface area contributed by atoms with Crippen LogP contribution in [0, 0.1) is 6.92 Å². The summed E-state index contributed by atoms with van der Waals surface area (Å²) in [5.41, 5.74) is 2.81. The molecule has 1 N–H and O–H groups in total. The van der Waals surface area contributed by atoms with Gasteiger partial charge in [0, 0.05) is 12.4 Å². The summed E-state index contributed by atoms with van der Waals surface area (Å²) in [5, 5.41) is 8.80. The van der Waals surface area contributed by atoms with E-state index >= 15 is 0 Å². The average Bonchev–Trinajstić information content (AvgIpc) is 2.46. The largest absolute Gasteiger partial charge is 0.481 e. The first-order valence-electron chi connectivity index (χ1n) is 7.09. The van der Waals surface area contributed by atoms with E-state index in [1.165, 1.54) is 0 Å². The molecule has 20 heavy (non-hydrogen) atoms. The molecular formula is C17H27NO2. The van der Waals surface area contributed by atoms with Gasteiger partial charge in [0.2, 0.25) is 0 Å². The van der Waals surface area contributed by atoms with Crippen molar-refractivity contribution in [2.75, 3.05) is 0 Å². The molecule has 1 rings (SSSR count). The third kappa shape index (κ3) is 8.25. The van der Waals surface area contributed by atoms with Gasteiger partial charge in [0.05, 0.1) is 6.42 Å². The highest BCUT2D eigenvalue weighted by Gasteiger charge is 2.06. The molecule has 0 aliphatic rings. The molecular weight excluding hydrogens is 250 g/mol. The van der Waals surface area contributed by atoms with Gasteiger partial charge in [-0.1, -0.05) is 45.9 Å². The van der Waals surface area contributed by atoms with Crippen LogP contribution in [-0.2, 0) is 11.2 Å². The molecule has 0 saturated heterocycles. The van der Waals surface area contributed by atoms with E-state index in [-0.39, 0.29) is 6.42 Å². The molecule has 1 aromatic carbocycles. The van der Waals surface area contributed by atoms with E-state index < -0.39 is 5.97 Å². The zero-order valence-corrected chi connectivity index (χ0v) is 13.5. The summed E-state index contributed by atoms with van der Waals surface area (Å²) in [6.45, 7) is 11.8. The van der Waals surface area contributed by atoms with E-state index in [0.29, 0.717) is 0 Å². The fourth-order valence-electron chi connectivity index (χ4n) is 1.50. The Labute approximate surface area is 123 Å². The summed E-state index contributed by atoms with van der Waals surface area (Å²) in [5.74, 6) is -0.820. The minimum Gasteiger partial charge on any atom is -0.481 e. The SMILES string of the molecule is CC.CC.CC=N/C=C\c1c(C)cccc1CC(=O)O. The van der Waals surface area contributed by atoms with Gasteiger partial charge in [0.1, 0.15) is 0 Å². The second-order valence-electron chi connectivity index (χ2n) is 3.44. The smallest absolute Gasteiger partial charge is 0.307 e. The highest BCUT2D eigenvalue weighted by molar-refractivity contribution is 5.73. The van der Waals surface area contributed by atoms with Gasteiger partial charge in [-0.3, -0.25) is 9.79 Å². The number of aryl methyl sites for hydroxylation is 1. The Balaban J connectivity index is 0. The van der Waals surface area contributed by atoms with Crippen LogP contribution in [0.15, 0.2) is 29.4 Å². The van der Waals surface area contributed by atoms with Gasteiger partial charge in [-0.05, 0) is 36.6 Å². The van der Waals surface area contributed by atoms with Crippen LogP contribution in [0.4, 0.5) is 0 Å². The predicted molar refractivity (Wildman–Crippen MR) is 88.4 cm³/mol. The molecule has 0 unspecified atom stereocenters. The molecule has 3 heteroatoms. The van der Waals surface area contributed by atoms with Crippen molar-refractivity contribution in [2.45, 2.75) is 48.0 Å². The van der Waals surface area contributed by atoms with Gasteiger partial charge in [0.25, 0.3) is 0 Å². The third-order valence-electron chi connectivity index (χ3n) is 2.23. The van der Waals surface area contributed by atoms with Gasteiger partial charge in [-0.15, -0.1) is 0 Å². The lowest BCUT2D eigenvalue weighted by molar-refractivity contribution is -0.136. The summed E-state index contributed by atoms with van der Waals surface area (Å²) < 4.78 is 0. The Morgan fingerprint density at radius 1 is 1.25 bits per heavy atom. The maximum atomic E-state index is 10.7. The van der Waals surface area contributed by atoms with Crippen molar-refractivity contribution in [1.82, 2.24) is 0 Å². The number of carboxylic acids is 1. The number of rotatable bonds is 4. The van der Waals surface area contributed by atoms with E-state index in [9.17, 15) is 4.79 Å². The van der Waals surface area contributed by atoms with Crippen LogP contribution in [0.1, 0.15) is 51.3 Å². The second-order valence-corrected chi connectivity index (χ2v) is 3.44. The third-order valence-corrected chi connectivity index (χ3v) is 2.23. The number of aliphatic imine (C=N–C) groups is 1. The molecule has 3 nitrogen and oxygen atoms in total. The fourth-order valence-corrected chi connectivity index (χ4v) is 1.50. The van der Waals surface area contributed by atoms with Crippen LogP contribution >= 0.6 is 0 Å². The topological polar surface area (TPSA) is 49.7 Å². The second kappa shape index (κ2) is 13.5. The Hall–Kier alpha value is -1.90. The lowest BCUT2D eigenvalue weighted by atomic mass is 9.99. The number of hydrogen-bond acceptors (Lipinski definition) is 2. The molecule has 0 amide bonds. The highest BCUT2D eigenvalue weighted by Crippen LogP contribution is 2.16. The quantitative estimate of drug-likeness (QED) is 0.808. The Morgan fingerprint density at radius 2 is 1.85 bits per heavy atom. The zero-order valence-electron chi connectivity index (χ0n) is 13.5. The van der Waals surface area contributed by atoms with Crippen LogP contribution in [0.25, 0.3) is 6.08 Å². The molecule has 0 aliphatic carbocycles. The Kier molecular flexibility index (Phi) is 13.8. The van der Waals surface area contributed by atoms with Crippen LogP contribution in [0.5, 0.6) is 0 Å². The number of carbonyl (C=O) groups is 1. The number of aliphatic carboxylic acids is 1. The molecule has 0 fully saturated rings. The molecule has 0 bridgehead atoms. The van der Waals surface area contributed by atoms with E-state index in [1.54, 1.807) is 12.4 Å². The lowest BCUT2D eigenvalue weighted by Crippen LogP contribution is -2.02. The summed E-state index contributed by atoms with van der Waals surface area (Å²) in [4.78, 5) is 14.7. The molecule has 0 heterocycles. The fraction of sp³-hybridized carbons (Fsp3) is 0.412. The van der Waals surface area contributed by atoms with Crippen LogP contribution in [-0.4, -0.2) is 17.3 Å². The first-order chi connectivity index (χ1) is 9.65. The molecule has 0 atom stereocenters. The number of carboxylic acid groups (broad SMARTS) is 1. The maximum absolute atomic E-state index is 10.7. The highest BCUT2D eigenvalue weighted by atomic mass is 16.4. The van der Waals surface area contributed by atoms with E-state index in [0.717, 1.165) is 16.7 Å². The first kappa shape index (κ1) is 20.4. The van der Waals surface area contributed by atoms with Crippen LogP contribution in [0.3, 0.4) is 0 Å². The standard InChI is InChI=1S/C13H15NO2.2C2H6/c1-3-14-8-7-12-10(2)5-4-6-11(12)9-13(15)16;2*1-2/h3-8H,9H2,1-2H3,(H,15,16);2*1-2H3/b8-7-,14-3?;;. The summed E-state index contributed by atoms with van der Waals surface area (Å²) in [7, 11) is 0. The Morgan fingerprint density at radius 3 is 2.35 bits per heavy atom. The van der Waals surface area contributed by atoms with Gasteiger partial charge in [0.15, 0.2) is 0 Å². The number of benzene rings is 1. The molecule has 1 aromatic rings. The van der Waals surface area contributed by atoms with Gasteiger partial charge < -0.3 is 5.11 Å². The summed E-state index contributed by atoms with van der Waals surface area (Å²) in [6.07, 6.45) is 5.24. The van der Waals surface area contributed by atoms with Crippen molar-refractivity contribution in [1.29, 1.82) is 0 Å². The normalized spacial score (nSPS) is 9.70. The van der Waals surface area contributed by atoms with E-state index in [4.69, 9.17) is 5.11 Å². The molecule has 0 aromatic heterocycles. The molecule has 0 saturated carbocycles. The van der Waals surface area contributed by atoms with Crippen molar-refractivity contribution >= 4 is 18.3 Å². The lowest BCUT2D eigenvalue weighted by Gasteiger charge is -2.06. The van der Waals surface area contributed by atoms with Crippen molar-refractivity contribution in [2.24, 2.45) is 4.99 Å². The summed E-state index contributed by atoms with van der Waals surface area (Å²) in [6, 6.07) is 5.66. The zero-order chi connectivity index (χ0) is 16.0. The predicted octanol–water partition coefficient (Wildman–Crippen LogP) is 4.74. The van der Waals surface area contributed by atoms with Gasteiger partial charge >= 0.3 is 5.97 Å². The number of hydrogen-bond donors (Lipinski definition) is 1. The Bertz CT molecular complexity index is 435. The monoisotopic (exact) mass is 277 g/mol. The molecule has 0 spiro atoms. The van der Waals surface area contributed by atoms with E-state index in [1.807, 2.05) is 65.8 Å². The number of nitrogens with zero attached hydrogens (tertiary/aromatic N) is 1. The molecule has 0 aliphatic heterocycles. The first-order valence-corrected chi connectivity index (χ1v) is 7.09. The maximum Gasteiger partial charge on any atom is 0.307 e. The average molecular weight is 277 g/mol. The van der Waals surface area contributed by atoms with Crippen molar-refractivity contribution in [3.8, 4) is 0 Å². The van der Waals surface area contributed by atoms with Crippen molar-refractivity contribution in [3.05, 3.63) is 41.1 Å².